The Hall–Kier alpha value is -3.34. The van der Waals surface area contributed by atoms with Crippen LogP contribution in [0.4, 0.5) is 8.78 Å². The van der Waals surface area contributed by atoms with Crippen molar-refractivity contribution in [2.45, 2.75) is 18.3 Å². The van der Waals surface area contributed by atoms with Gasteiger partial charge in [0.25, 0.3) is 0 Å². The number of rotatable bonds is 10. The molecule has 2 aromatic carbocycles. The molecule has 32 heavy (non-hydrogen) atoms. The molecule has 1 aromatic heterocycles. The maximum Gasteiger partial charge on any atom is 0.387 e. The smallest absolute Gasteiger partial charge is 0.387 e. The van der Waals surface area contributed by atoms with Gasteiger partial charge in [0.2, 0.25) is 5.91 Å². The summed E-state index contributed by atoms with van der Waals surface area (Å²) in [6, 6.07) is 12.0. The van der Waals surface area contributed by atoms with Crippen LogP contribution in [0.15, 0.2) is 53.9 Å². The number of ether oxygens (including phenoxy) is 3. The molecule has 1 amide bonds. The zero-order chi connectivity index (χ0) is 23.1. The Balaban J connectivity index is 1.60. The van der Waals surface area contributed by atoms with Gasteiger partial charge in [0.1, 0.15) is 12.1 Å². The highest BCUT2D eigenvalue weighted by Crippen LogP contribution is 2.30. The predicted molar refractivity (Wildman–Crippen MR) is 115 cm³/mol. The lowest BCUT2D eigenvalue weighted by Gasteiger charge is -2.18. The van der Waals surface area contributed by atoms with Gasteiger partial charge in [-0.05, 0) is 42.0 Å². The summed E-state index contributed by atoms with van der Waals surface area (Å²) in [6.45, 7) is -2.67. The van der Waals surface area contributed by atoms with Crippen LogP contribution >= 0.6 is 11.8 Å². The molecule has 0 spiro atoms. The van der Waals surface area contributed by atoms with Gasteiger partial charge >= 0.3 is 6.61 Å². The van der Waals surface area contributed by atoms with Crippen LogP contribution in [-0.2, 0) is 11.3 Å². The van der Waals surface area contributed by atoms with E-state index in [1.807, 2.05) is 24.3 Å². The highest BCUT2D eigenvalue weighted by atomic mass is 32.2. The van der Waals surface area contributed by atoms with E-state index in [2.05, 4.69) is 14.9 Å². The second-order valence-corrected chi connectivity index (χ2v) is 7.53. The van der Waals surface area contributed by atoms with Crippen molar-refractivity contribution in [3.63, 3.8) is 0 Å². The summed E-state index contributed by atoms with van der Waals surface area (Å²) < 4.78 is 41.4. The van der Waals surface area contributed by atoms with E-state index >= 15 is 0 Å². The second kappa shape index (κ2) is 10.8. The third-order valence-corrected chi connectivity index (χ3v) is 5.41. The van der Waals surface area contributed by atoms with Crippen molar-refractivity contribution in [1.82, 2.24) is 19.7 Å². The van der Waals surface area contributed by atoms with Crippen LogP contribution in [-0.4, -0.2) is 59.2 Å². The molecule has 0 aliphatic heterocycles. The van der Waals surface area contributed by atoms with Crippen LogP contribution in [0.1, 0.15) is 5.56 Å². The van der Waals surface area contributed by atoms with Crippen LogP contribution in [0.25, 0.3) is 5.69 Å². The minimum atomic E-state index is -2.95. The summed E-state index contributed by atoms with van der Waals surface area (Å²) in [5.74, 6) is 0.860. The number of halogens is 2. The average Bonchev–Trinajstić information content (AvgIpc) is 3.26. The summed E-state index contributed by atoms with van der Waals surface area (Å²) in [6.07, 6.45) is 1.58. The largest absolute Gasteiger partial charge is 0.497 e. The molecule has 0 saturated heterocycles. The second-order valence-electron chi connectivity index (χ2n) is 6.58. The summed E-state index contributed by atoms with van der Waals surface area (Å²) in [7, 11) is 4.62. The quantitative estimate of drug-likeness (QED) is 0.424. The van der Waals surface area contributed by atoms with Gasteiger partial charge in [-0.25, -0.2) is 0 Å². The van der Waals surface area contributed by atoms with Crippen LogP contribution in [0.3, 0.4) is 0 Å². The molecule has 0 aliphatic carbocycles. The van der Waals surface area contributed by atoms with E-state index in [-0.39, 0.29) is 29.7 Å². The fraction of sp³-hybridized carbons (Fsp3) is 0.286. The van der Waals surface area contributed by atoms with Crippen molar-refractivity contribution in [2.24, 2.45) is 0 Å². The van der Waals surface area contributed by atoms with Crippen LogP contribution < -0.4 is 14.2 Å². The fourth-order valence-corrected chi connectivity index (χ4v) is 3.71. The lowest BCUT2D eigenvalue weighted by atomic mass is 10.2. The first kappa shape index (κ1) is 23.3. The molecule has 0 unspecified atom stereocenters. The number of thioether (sulfide) groups is 1. The maximum atomic E-state index is 12.6. The Morgan fingerprint density at radius 1 is 1.12 bits per heavy atom. The van der Waals surface area contributed by atoms with Gasteiger partial charge < -0.3 is 19.1 Å². The molecule has 0 N–H and O–H groups in total. The van der Waals surface area contributed by atoms with E-state index in [0.717, 1.165) is 11.4 Å². The molecule has 1 heterocycles. The van der Waals surface area contributed by atoms with Crippen molar-refractivity contribution in [3.8, 4) is 22.9 Å². The van der Waals surface area contributed by atoms with Crippen molar-refractivity contribution in [3.05, 3.63) is 54.4 Å². The normalized spacial score (nSPS) is 10.8. The monoisotopic (exact) mass is 464 g/mol. The Kier molecular flexibility index (Phi) is 7.87. The van der Waals surface area contributed by atoms with Crippen molar-refractivity contribution in [1.29, 1.82) is 0 Å². The van der Waals surface area contributed by atoms with E-state index in [0.29, 0.717) is 10.7 Å². The first-order chi connectivity index (χ1) is 15.4. The summed E-state index contributed by atoms with van der Waals surface area (Å²) >= 11 is 1.26. The number of methoxy groups -OCH3 is 2. The average molecular weight is 464 g/mol. The summed E-state index contributed by atoms with van der Waals surface area (Å²) in [5.41, 5.74) is 1.56. The Morgan fingerprint density at radius 2 is 1.88 bits per heavy atom. The Labute approximate surface area is 188 Å². The van der Waals surface area contributed by atoms with Gasteiger partial charge in [0, 0.05) is 19.3 Å². The molecular weight excluding hydrogens is 442 g/mol. The molecule has 8 nitrogen and oxygen atoms in total. The first-order valence-corrected chi connectivity index (χ1v) is 10.4. The lowest BCUT2D eigenvalue weighted by molar-refractivity contribution is -0.127. The van der Waals surface area contributed by atoms with Gasteiger partial charge in [0.15, 0.2) is 16.7 Å². The molecule has 3 aromatic rings. The zero-order valence-electron chi connectivity index (χ0n) is 17.7. The van der Waals surface area contributed by atoms with E-state index < -0.39 is 6.61 Å². The fourth-order valence-electron chi connectivity index (χ4n) is 2.84. The van der Waals surface area contributed by atoms with E-state index in [1.54, 1.807) is 37.2 Å². The number of amides is 1. The number of nitrogens with zero attached hydrogens (tertiary/aromatic N) is 4. The van der Waals surface area contributed by atoms with Crippen molar-refractivity contribution in [2.75, 3.05) is 27.0 Å². The van der Waals surface area contributed by atoms with Crippen molar-refractivity contribution >= 4 is 17.7 Å². The molecule has 0 saturated carbocycles. The molecule has 0 radical (unpaired) electrons. The predicted octanol–water partition coefficient (Wildman–Crippen LogP) is 3.64. The van der Waals surface area contributed by atoms with Gasteiger partial charge in [-0.15, -0.1) is 10.2 Å². The highest BCUT2D eigenvalue weighted by molar-refractivity contribution is 7.99. The SMILES string of the molecule is COc1ccc(-n2cnnc2SCC(=O)N(C)Cc2ccc(OC(F)F)c(OC)c2)cc1. The van der Waals surface area contributed by atoms with E-state index in [9.17, 15) is 13.6 Å². The third-order valence-electron chi connectivity index (χ3n) is 4.48. The maximum absolute atomic E-state index is 12.6. The third kappa shape index (κ3) is 5.88. The molecule has 3 rings (SSSR count). The molecule has 0 atom stereocenters. The van der Waals surface area contributed by atoms with Gasteiger partial charge in [0.05, 0.1) is 20.0 Å². The van der Waals surface area contributed by atoms with E-state index in [1.165, 1.54) is 29.8 Å². The number of hydrogen-bond acceptors (Lipinski definition) is 7. The molecule has 0 bridgehead atoms. The Bertz CT molecular complexity index is 1050. The van der Waals surface area contributed by atoms with Crippen molar-refractivity contribution < 1.29 is 27.8 Å². The van der Waals surface area contributed by atoms with Gasteiger partial charge in [-0.1, -0.05) is 17.8 Å². The topological polar surface area (TPSA) is 78.7 Å². The standard InChI is InChI=1S/C21H22F2N4O4S/c1-26(11-14-4-9-17(31-20(22)23)18(10-14)30-3)19(28)12-32-21-25-24-13-27(21)15-5-7-16(29-2)8-6-15/h4-10,13,20H,11-12H2,1-3H3. The van der Waals surface area contributed by atoms with Gasteiger partial charge in [-0.3, -0.25) is 9.36 Å². The van der Waals surface area contributed by atoms with Gasteiger partial charge in [-0.2, -0.15) is 8.78 Å². The molecular formula is C21H22F2N4O4S. The van der Waals surface area contributed by atoms with Crippen LogP contribution in [0.5, 0.6) is 17.2 Å². The lowest BCUT2D eigenvalue weighted by Crippen LogP contribution is -2.28. The summed E-state index contributed by atoms with van der Waals surface area (Å²) in [5, 5.41) is 8.60. The molecule has 0 fully saturated rings. The number of benzene rings is 2. The minimum Gasteiger partial charge on any atom is -0.497 e. The number of hydrogen-bond donors (Lipinski definition) is 0. The number of carbonyl (C=O) groups is 1. The number of carbonyl (C=O) groups excluding carboxylic acids is 1. The Morgan fingerprint density at radius 3 is 2.53 bits per heavy atom. The molecule has 11 heteroatoms. The molecule has 170 valence electrons. The molecule has 0 aliphatic rings. The van der Waals surface area contributed by atoms with Crippen LogP contribution in [0.2, 0.25) is 0 Å². The van der Waals surface area contributed by atoms with Crippen LogP contribution in [0, 0.1) is 0 Å². The summed E-state index contributed by atoms with van der Waals surface area (Å²) in [4.78, 5) is 14.1. The number of alkyl halides is 2. The van der Waals surface area contributed by atoms with E-state index in [4.69, 9.17) is 9.47 Å². The minimum absolute atomic E-state index is 0.0614. The highest BCUT2D eigenvalue weighted by Gasteiger charge is 2.16. The zero-order valence-corrected chi connectivity index (χ0v) is 18.5. The number of aromatic nitrogens is 3. The first-order valence-electron chi connectivity index (χ1n) is 9.44.